The fourth-order valence-corrected chi connectivity index (χ4v) is 3.53. The number of carbonyl (C=O) groups is 2. The number of aliphatic hydroxyl groups is 1. The van der Waals surface area contributed by atoms with E-state index in [0.717, 1.165) is 12.1 Å². The number of rotatable bonds is 3. The Hall–Kier alpha value is -2.75. The third-order valence-electron chi connectivity index (χ3n) is 5.44. The summed E-state index contributed by atoms with van der Waals surface area (Å²) in [6, 6.07) is 2.02. The Labute approximate surface area is 193 Å². The summed E-state index contributed by atoms with van der Waals surface area (Å²) in [7, 11) is 2.98. The van der Waals surface area contributed by atoms with E-state index in [-0.39, 0.29) is 29.6 Å². The van der Waals surface area contributed by atoms with Crippen LogP contribution in [0.2, 0.25) is 0 Å². The molecule has 10 heteroatoms. The average molecular weight is 469 g/mol. The largest absolute Gasteiger partial charge is 0.447 e. The summed E-state index contributed by atoms with van der Waals surface area (Å²) in [5.74, 6) is -1.89. The lowest BCUT2D eigenvalue weighted by atomic mass is 10.1. The number of amides is 2. The number of nitrogens with one attached hydrogen (secondary N) is 1. The molecular weight excluding hydrogens is 434 g/mol. The first-order valence-corrected chi connectivity index (χ1v) is 11.1. The average Bonchev–Trinajstić information content (AvgIpc) is 2.75. The Morgan fingerprint density at radius 1 is 1.09 bits per heavy atom. The lowest BCUT2D eigenvalue weighted by Gasteiger charge is -2.29. The fourth-order valence-electron chi connectivity index (χ4n) is 3.53. The fraction of sp³-hybridized carbons (Fsp3) is 0.609. The van der Waals surface area contributed by atoms with Crippen molar-refractivity contribution < 1.29 is 28.2 Å². The third kappa shape index (κ3) is 7.66. The minimum absolute atomic E-state index is 0.0700. The molecule has 0 saturated carbocycles. The maximum absolute atomic E-state index is 14.1. The second-order valence-electron chi connectivity index (χ2n) is 8.72. The van der Waals surface area contributed by atoms with E-state index in [4.69, 9.17) is 10.1 Å². The van der Waals surface area contributed by atoms with Crippen molar-refractivity contribution in [2.75, 3.05) is 45.2 Å². The van der Waals surface area contributed by atoms with E-state index in [9.17, 15) is 23.5 Å². The van der Waals surface area contributed by atoms with Crippen LogP contribution >= 0.6 is 0 Å². The van der Waals surface area contributed by atoms with Crippen LogP contribution in [0.5, 0.6) is 0 Å². The lowest BCUT2D eigenvalue weighted by molar-refractivity contribution is 0.0456. The number of hydrogen-bond acceptors (Lipinski definition) is 6. The van der Waals surface area contributed by atoms with Crippen LogP contribution in [0.15, 0.2) is 12.1 Å². The minimum atomic E-state index is -0.722. The highest BCUT2D eigenvalue weighted by atomic mass is 19.1. The monoisotopic (exact) mass is 468 g/mol. The zero-order valence-electron chi connectivity index (χ0n) is 19.7. The molecule has 33 heavy (non-hydrogen) atoms. The Bertz CT molecular complexity index is 845. The number of carbonyl (C=O) groups excluding carboxylic acids is 2. The van der Waals surface area contributed by atoms with Crippen LogP contribution in [-0.2, 0) is 4.74 Å². The number of hydrogen-bond donors (Lipinski definition) is 2. The molecule has 0 unspecified atom stereocenters. The van der Waals surface area contributed by atoms with Crippen LogP contribution in [0.4, 0.5) is 19.3 Å². The van der Waals surface area contributed by atoms with E-state index in [1.807, 2.05) is 13.8 Å². The zero-order chi connectivity index (χ0) is 24.7. The van der Waals surface area contributed by atoms with Crippen LogP contribution in [-0.4, -0.2) is 85.1 Å². The molecule has 0 radical (unpaired) electrons. The van der Waals surface area contributed by atoms with Gasteiger partial charge in [0.15, 0.2) is 0 Å². The van der Waals surface area contributed by atoms with Crippen molar-refractivity contribution >= 4 is 23.4 Å². The molecule has 0 atom stereocenters. The molecule has 2 N–H and O–H groups in total. The summed E-state index contributed by atoms with van der Waals surface area (Å²) >= 11 is 0. The highest BCUT2D eigenvalue weighted by molar-refractivity contribution is 5.94. The first-order valence-electron chi connectivity index (χ1n) is 11.1. The summed E-state index contributed by atoms with van der Waals surface area (Å²) in [6.45, 7) is 5.86. The molecule has 0 spiro atoms. The Kier molecular flexibility index (Phi) is 9.57. The van der Waals surface area contributed by atoms with Crippen molar-refractivity contribution in [3.8, 4) is 0 Å². The van der Waals surface area contributed by atoms with Gasteiger partial charge in [-0.1, -0.05) is 0 Å². The molecule has 8 nitrogen and oxygen atoms in total. The van der Waals surface area contributed by atoms with Gasteiger partial charge < -0.3 is 30.0 Å². The number of anilines is 1. The standard InChI is InChI=1S/C14H17F2N3O.C9H17NO3/c1-18(2)14(20)10-7-12(16)13(8-11(10)15)19-5-3-9(17)4-6-19;1-7(2)13-9(12)10-5-3-8(11)4-6-10/h7-8,17H,3-6H2,1-2H3;7-8,11H,3-6H2,1-2H3. The van der Waals surface area contributed by atoms with Gasteiger partial charge in [0.2, 0.25) is 0 Å². The smallest absolute Gasteiger partial charge is 0.410 e. The number of nitrogens with zero attached hydrogens (tertiary/aromatic N) is 3. The van der Waals surface area contributed by atoms with E-state index < -0.39 is 17.5 Å². The molecule has 2 aliphatic heterocycles. The highest BCUT2D eigenvalue weighted by Gasteiger charge is 2.23. The van der Waals surface area contributed by atoms with E-state index in [0.29, 0.717) is 57.6 Å². The molecule has 2 fully saturated rings. The number of aliphatic hydroxyl groups excluding tert-OH is 1. The Morgan fingerprint density at radius 3 is 2.18 bits per heavy atom. The second-order valence-corrected chi connectivity index (χ2v) is 8.72. The third-order valence-corrected chi connectivity index (χ3v) is 5.44. The van der Waals surface area contributed by atoms with Gasteiger partial charge in [-0.05, 0) is 32.8 Å². The van der Waals surface area contributed by atoms with Gasteiger partial charge in [-0.15, -0.1) is 0 Å². The molecule has 2 aliphatic rings. The van der Waals surface area contributed by atoms with Crippen LogP contribution in [0.1, 0.15) is 49.9 Å². The predicted molar refractivity (Wildman–Crippen MR) is 122 cm³/mol. The van der Waals surface area contributed by atoms with Crippen LogP contribution in [0.3, 0.4) is 0 Å². The van der Waals surface area contributed by atoms with Gasteiger partial charge in [0.1, 0.15) is 11.6 Å². The molecule has 0 aliphatic carbocycles. The van der Waals surface area contributed by atoms with Gasteiger partial charge in [0.05, 0.1) is 23.5 Å². The SMILES string of the molecule is CC(C)OC(=O)N1CCC(O)CC1.CN(C)C(=O)c1cc(F)c(N2CCC(=N)CC2)cc1F. The molecule has 1 aromatic rings. The van der Waals surface area contributed by atoms with Crippen molar-refractivity contribution in [3.05, 3.63) is 29.3 Å². The number of likely N-dealkylation sites (tertiary alicyclic amines) is 1. The Morgan fingerprint density at radius 2 is 1.67 bits per heavy atom. The molecule has 2 amide bonds. The van der Waals surface area contributed by atoms with Crippen molar-refractivity contribution in [1.29, 1.82) is 5.41 Å². The van der Waals surface area contributed by atoms with E-state index in [1.54, 1.807) is 9.80 Å². The van der Waals surface area contributed by atoms with Crippen LogP contribution < -0.4 is 4.90 Å². The molecule has 2 saturated heterocycles. The molecule has 184 valence electrons. The first kappa shape index (κ1) is 26.5. The van der Waals surface area contributed by atoms with Gasteiger partial charge >= 0.3 is 6.09 Å². The number of ether oxygens (including phenoxy) is 1. The summed E-state index contributed by atoms with van der Waals surface area (Å²) in [5, 5.41) is 16.7. The molecule has 1 aromatic carbocycles. The molecule has 3 rings (SSSR count). The number of piperidine rings is 2. The summed E-state index contributed by atoms with van der Waals surface area (Å²) in [6.07, 6.45) is 1.85. The maximum Gasteiger partial charge on any atom is 0.410 e. The van der Waals surface area contributed by atoms with Crippen LogP contribution in [0.25, 0.3) is 0 Å². The van der Waals surface area contributed by atoms with Crippen molar-refractivity contribution in [3.63, 3.8) is 0 Å². The summed E-state index contributed by atoms with van der Waals surface area (Å²) < 4.78 is 33.1. The minimum Gasteiger partial charge on any atom is -0.447 e. The molecule has 0 aromatic heterocycles. The zero-order valence-corrected chi connectivity index (χ0v) is 19.7. The Balaban J connectivity index is 0.000000257. The summed E-state index contributed by atoms with van der Waals surface area (Å²) in [5.41, 5.74) is 0.521. The first-order chi connectivity index (χ1) is 15.5. The van der Waals surface area contributed by atoms with Gasteiger partial charge in [-0.25, -0.2) is 13.6 Å². The topological polar surface area (TPSA) is 97.2 Å². The molecule has 0 bridgehead atoms. The van der Waals surface area contributed by atoms with E-state index >= 15 is 0 Å². The van der Waals surface area contributed by atoms with E-state index in [2.05, 4.69) is 0 Å². The second kappa shape index (κ2) is 11.9. The number of benzene rings is 1. The van der Waals surface area contributed by atoms with Crippen LogP contribution in [0, 0.1) is 17.0 Å². The van der Waals surface area contributed by atoms with Gasteiger partial charge in [0.25, 0.3) is 5.91 Å². The van der Waals surface area contributed by atoms with Crippen molar-refractivity contribution in [2.24, 2.45) is 0 Å². The van der Waals surface area contributed by atoms with Crippen molar-refractivity contribution in [1.82, 2.24) is 9.80 Å². The van der Waals surface area contributed by atoms with Gasteiger partial charge in [-0.2, -0.15) is 0 Å². The quantitative estimate of drug-likeness (QED) is 0.710. The molecule has 2 heterocycles. The van der Waals surface area contributed by atoms with Gasteiger partial charge in [-0.3, -0.25) is 4.79 Å². The maximum atomic E-state index is 14.1. The molecular formula is C23H34F2N4O4. The summed E-state index contributed by atoms with van der Waals surface area (Å²) in [4.78, 5) is 27.6. The van der Waals surface area contributed by atoms with E-state index in [1.165, 1.54) is 19.0 Å². The van der Waals surface area contributed by atoms with Gasteiger partial charge in [0, 0.05) is 64.9 Å². The normalized spacial score (nSPS) is 16.9. The van der Waals surface area contributed by atoms with Crippen molar-refractivity contribution in [2.45, 2.75) is 51.7 Å². The lowest BCUT2D eigenvalue weighted by Crippen LogP contribution is -2.41. The predicted octanol–water partition coefficient (Wildman–Crippen LogP) is 3.27. The highest BCUT2D eigenvalue weighted by Crippen LogP contribution is 2.26. The number of halogens is 2.